The van der Waals surface area contributed by atoms with Gasteiger partial charge in [-0.3, -0.25) is 0 Å². The molecule has 1 saturated heterocycles. The Morgan fingerprint density at radius 3 is 2.39 bits per heavy atom. The third-order valence-corrected chi connectivity index (χ3v) is 10.0. The van der Waals surface area contributed by atoms with Crippen LogP contribution in [-0.2, 0) is 19.3 Å². The summed E-state index contributed by atoms with van der Waals surface area (Å²) in [6, 6.07) is 13.0. The number of sulfone groups is 1. The number of halogens is 1. The van der Waals surface area contributed by atoms with Gasteiger partial charge in [-0.25, -0.2) is 27.6 Å². The molecule has 1 aromatic heterocycles. The van der Waals surface area contributed by atoms with Gasteiger partial charge in [-0.05, 0) is 88.6 Å². The molecule has 3 aromatic rings. The minimum absolute atomic E-state index is 0.0197. The molecule has 218 valence electrons. The Labute approximate surface area is 238 Å². The maximum absolute atomic E-state index is 14.0. The second kappa shape index (κ2) is 11.0. The number of carbonyl (C=O) groups excluding carboxylic acids is 1. The van der Waals surface area contributed by atoms with Gasteiger partial charge < -0.3 is 25.4 Å². The maximum atomic E-state index is 14.0. The van der Waals surface area contributed by atoms with E-state index in [-0.39, 0.29) is 10.9 Å². The lowest BCUT2D eigenvalue weighted by Gasteiger charge is -2.41. The summed E-state index contributed by atoms with van der Waals surface area (Å²) in [6.45, 7) is 6.56. The molecule has 5 rings (SSSR count). The van der Waals surface area contributed by atoms with Gasteiger partial charge in [0.2, 0.25) is 0 Å². The van der Waals surface area contributed by atoms with Crippen LogP contribution in [0.15, 0.2) is 59.5 Å². The number of nitrogens with one attached hydrogen (secondary N) is 2. The van der Waals surface area contributed by atoms with E-state index in [0.29, 0.717) is 61.2 Å². The summed E-state index contributed by atoms with van der Waals surface area (Å²) in [4.78, 5) is 24.0. The second-order valence-corrected chi connectivity index (χ2v) is 13.3. The summed E-state index contributed by atoms with van der Waals surface area (Å²) in [6.07, 6.45) is 1.50. The van der Waals surface area contributed by atoms with Crippen LogP contribution in [0.4, 0.5) is 20.7 Å². The standard InChI is InChI=1S/C29H34FN5O5S/c1-19-18-40-16-15-35(19)25-17-24(29(13-4-14-29)41(38,39)23-11-7-21(30)8-12-23)32-26(33-25)20-5-9-22(10-6-20)31-27(36)34-28(2,3)37/h5-12,17,19,37H,4,13-16,18H2,1-3H3,(H2,31,34,36)/t19-/m0/s1. The van der Waals surface area contributed by atoms with E-state index in [0.717, 1.165) is 18.6 Å². The van der Waals surface area contributed by atoms with Crippen molar-refractivity contribution in [2.24, 2.45) is 0 Å². The van der Waals surface area contributed by atoms with Crippen LogP contribution in [0.25, 0.3) is 11.4 Å². The molecule has 1 saturated carbocycles. The quantitative estimate of drug-likeness (QED) is 0.278. The Balaban J connectivity index is 1.55. The number of rotatable bonds is 7. The average molecular weight is 584 g/mol. The lowest BCUT2D eigenvalue weighted by molar-refractivity contribution is 0.0569. The Morgan fingerprint density at radius 1 is 1.12 bits per heavy atom. The van der Waals surface area contributed by atoms with Crippen molar-refractivity contribution in [3.05, 3.63) is 66.1 Å². The van der Waals surface area contributed by atoms with Gasteiger partial charge >= 0.3 is 6.03 Å². The topological polar surface area (TPSA) is 134 Å². The van der Waals surface area contributed by atoms with Crippen LogP contribution in [0.5, 0.6) is 0 Å². The third-order valence-electron chi connectivity index (χ3n) is 7.46. The van der Waals surface area contributed by atoms with Crippen LogP contribution in [-0.4, -0.2) is 61.0 Å². The third kappa shape index (κ3) is 5.90. The first-order chi connectivity index (χ1) is 19.4. The SMILES string of the molecule is C[C@H]1COCCN1c1cc(C2(S(=O)(=O)c3ccc(F)cc3)CCC2)nc(-c2ccc(NC(=O)NC(C)(C)O)cc2)n1. The normalized spacial score (nSPS) is 18.9. The molecule has 1 atom stereocenters. The number of nitrogens with zero attached hydrogens (tertiary/aromatic N) is 3. The van der Waals surface area contributed by atoms with Gasteiger partial charge in [0.1, 0.15) is 22.1 Å². The fraction of sp³-hybridized carbons (Fsp3) is 0.414. The molecule has 3 N–H and O–H groups in total. The first-order valence-corrected chi connectivity index (χ1v) is 15.0. The molecule has 12 heteroatoms. The maximum Gasteiger partial charge on any atom is 0.321 e. The van der Waals surface area contributed by atoms with Crippen LogP contribution < -0.4 is 15.5 Å². The monoisotopic (exact) mass is 583 g/mol. The van der Waals surface area contributed by atoms with E-state index in [9.17, 15) is 22.7 Å². The summed E-state index contributed by atoms with van der Waals surface area (Å²) in [5.74, 6) is 0.451. The minimum atomic E-state index is -3.90. The zero-order valence-corrected chi connectivity index (χ0v) is 24.0. The van der Waals surface area contributed by atoms with Gasteiger partial charge in [0.25, 0.3) is 0 Å². The highest BCUT2D eigenvalue weighted by molar-refractivity contribution is 7.92. The number of benzene rings is 2. The molecule has 1 aliphatic heterocycles. The molecule has 2 heterocycles. The number of aromatic nitrogens is 2. The number of anilines is 2. The molecule has 0 spiro atoms. The molecule has 2 amide bonds. The van der Waals surface area contributed by atoms with E-state index in [1.165, 1.54) is 26.0 Å². The Morgan fingerprint density at radius 2 is 1.80 bits per heavy atom. The number of carbonyl (C=O) groups is 1. The highest BCUT2D eigenvalue weighted by Gasteiger charge is 2.52. The lowest BCUT2D eigenvalue weighted by atomic mass is 9.81. The van der Waals surface area contributed by atoms with Gasteiger partial charge in [0.15, 0.2) is 15.7 Å². The molecular weight excluding hydrogens is 549 g/mol. The fourth-order valence-electron chi connectivity index (χ4n) is 5.15. The number of hydrogen-bond acceptors (Lipinski definition) is 8. The highest BCUT2D eigenvalue weighted by atomic mass is 32.2. The van der Waals surface area contributed by atoms with Crippen molar-refractivity contribution in [3.63, 3.8) is 0 Å². The van der Waals surface area contributed by atoms with Gasteiger partial charge in [-0.1, -0.05) is 0 Å². The predicted molar refractivity (Wildman–Crippen MR) is 153 cm³/mol. The zero-order valence-electron chi connectivity index (χ0n) is 23.2. The summed E-state index contributed by atoms with van der Waals surface area (Å²) in [7, 11) is -3.90. The summed E-state index contributed by atoms with van der Waals surface area (Å²) in [5, 5.41) is 14.9. The molecule has 2 fully saturated rings. The van der Waals surface area contributed by atoms with Gasteiger partial charge in [-0.15, -0.1) is 0 Å². The summed E-state index contributed by atoms with van der Waals surface area (Å²) >= 11 is 0. The van der Waals surface area contributed by atoms with Crippen LogP contribution in [0.2, 0.25) is 0 Å². The fourth-order valence-corrected chi connectivity index (χ4v) is 7.31. The predicted octanol–water partition coefficient (Wildman–Crippen LogP) is 4.21. The van der Waals surface area contributed by atoms with Crippen molar-refractivity contribution >= 4 is 27.4 Å². The Bertz CT molecular complexity index is 1520. The van der Waals surface area contributed by atoms with E-state index in [2.05, 4.69) is 15.5 Å². The molecular formula is C29H34FN5O5S. The Hall–Kier alpha value is -3.61. The average Bonchev–Trinajstić information content (AvgIpc) is 2.87. The molecule has 10 nitrogen and oxygen atoms in total. The number of morpholine rings is 1. The smallest absolute Gasteiger partial charge is 0.321 e. The number of amides is 2. The molecule has 2 aromatic carbocycles. The summed E-state index contributed by atoms with van der Waals surface area (Å²) in [5.41, 5.74) is 0.148. The lowest BCUT2D eigenvalue weighted by Crippen LogP contribution is -2.46. The molecule has 1 aliphatic carbocycles. The van der Waals surface area contributed by atoms with Gasteiger partial charge in [0, 0.05) is 23.9 Å². The van der Waals surface area contributed by atoms with E-state index in [1.807, 2.05) is 6.92 Å². The molecule has 0 radical (unpaired) electrons. The Kier molecular flexibility index (Phi) is 7.75. The van der Waals surface area contributed by atoms with Crippen molar-refractivity contribution in [2.45, 2.75) is 61.4 Å². The van der Waals surface area contributed by atoms with E-state index in [1.54, 1.807) is 30.3 Å². The van der Waals surface area contributed by atoms with Crippen LogP contribution in [0.3, 0.4) is 0 Å². The van der Waals surface area contributed by atoms with Crippen molar-refractivity contribution in [2.75, 3.05) is 30.0 Å². The first-order valence-electron chi connectivity index (χ1n) is 13.5. The van der Waals surface area contributed by atoms with Crippen LogP contribution in [0.1, 0.15) is 45.7 Å². The molecule has 2 aliphatic rings. The number of aliphatic hydroxyl groups is 1. The van der Waals surface area contributed by atoms with Gasteiger partial charge in [-0.2, -0.15) is 0 Å². The summed E-state index contributed by atoms with van der Waals surface area (Å²) < 4.78 is 46.0. The van der Waals surface area contributed by atoms with Crippen molar-refractivity contribution in [1.29, 1.82) is 0 Å². The number of ether oxygens (including phenoxy) is 1. The van der Waals surface area contributed by atoms with E-state index in [4.69, 9.17) is 14.7 Å². The number of hydrogen-bond donors (Lipinski definition) is 3. The van der Waals surface area contributed by atoms with E-state index >= 15 is 0 Å². The molecule has 0 unspecified atom stereocenters. The van der Waals surface area contributed by atoms with Crippen molar-refractivity contribution < 1.29 is 27.4 Å². The molecule has 41 heavy (non-hydrogen) atoms. The largest absolute Gasteiger partial charge is 0.377 e. The van der Waals surface area contributed by atoms with Gasteiger partial charge in [0.05, 0.1) is 29.8 Å². The first kappa shape index (κ1) is 28.9. The van der Waals surface area contributed by atoms with Crippen LogP contribution in [0, 0.1) is 5.82 Å². The van der Waals surface area contributed by atoms with Crippen LogP contribution >= 0.6 is 0 Å². The van der Waals surface area contributed by atoms with Crippen molar-refractivity contribution in [1.82, 2.24) is 15.3 Å². The van der Waals surface area contributed by atoms with E-state index < -0.39 is 32.2 Å². The highest BCUT2D eigenvalue weighted by Crippen LogP contribution is 2.51. The zero-order chi connectivity index (χ0) is 29.4. The minimum Gasteiger partial charge on any atom is -0.377 e. The number of urea groups is 1. The second-order valence-electron chi connectivity index (χ2n) is 11.1. The molecule has 0 bridgehead atoms. The van der Waals surface area contributed by atoms with Crippen molar-refractivity contribution in [3.8, 4) is 11.4 Å².